The maximum atomic E-state index is 13.4. The van der Waals surface area contributed by atoms with E-state index in [4.69, 9.17) is 4.74 Å². The molecule has 0 unspecified atom stereocenters. The Hall–Kier alpha value is -3.24. The van der Waals surface area contributed by atoms with Crippen molar-refractivity contribution < 1.29 is 22.7 Å². The Labute approximate surface area is 225 Å². The number of amides is 2. The van der Waals surface area contributed by atoms with Crippen LogP contribution in [0.4, 0.5) is 0 Å². The molecule has 0 saturated carbocycles. The zero-order valence-electron chi connectivity index (χ0n) is 22.6. The Kier molecular flexibility index (Phi) is 10.4. The van der Waals surface area contributed by atoms with Crippen LogP contribution in [-0.4, -0.2) is 67.8 Å². The molecule has 0 bridgehead atoms. The second-order valence-electron chi connectivity index (χ2n) is 9.94. The van der Waals surface area contributed by atoms with Crippen LogP contribution in [0.2, 0.25) is 0 Å². The number of likely N-dealkylation sites (N-methyl/N-ethyl adjacent to an activating group) is 1. The highest BCUT2D eigenvalue weighted by molar-refractivity contribution is 7.89. The van der Waals surface area contributed by atoms with Crippen LogP contribution in [-0.2, 0) is 21.4 Å². The van der Waals surface area contributed by atoms with Crippen molar-refractivity contribution in [3.8, 4) is 5.75 Å². The third kappa shape index (κ3) is 8.13. The van der Waals surface area contributed by atoms with E-state index in [1.165, 1.54) is 23.1 Å². The minimum atomic E-state index is -3.90. The quantitative estimate of drug-likeness (QED) is 0.559. The standard InChI is InChI=1S/C28H38N4O5S/c1-21(2)17-24-20-37-27-10-9-25(38(35,36)30-19-23-11-13-29-14-12-23)18-26(27)28(34)31(4)15-7-5-6-8-16-32(24)22(3)33/h5,7,9-14,18,21,24,30H,6,8,15-17,19-20H2,1-4H3/b7-5+/t24-/m0/s1. The second-order valence-corrected chi connectivity index (χ2v) is 11.7. The number of rotatable bonds is 6. The molecule has 1 atom stereocenters. The van der Waals surface area contributed by atoms with Crippen molar-refractivity contribution in [3.05, 3.63) is 66.0 Å². The summed E-state index contributed by atoms with van der Waals surface area (Å²) in [5, 5.41) is 0. The molecule has 3 rings (SSSR count). The van der Waals surface area contributed by atoms with Gasteiger partial charge < -0.3 is 14.5 Å². The van der Waals surface area contributed by atoms with Crippen molar-refractivity contribution in [3.63, 3.8) is 0 Å². The summed E-state index contributed by atoms with van der Waals surface area (Å²) in [5.74, 6) is 0.244. The Balaban J connectivity index is 1.95. The molecular weight excluding hydrogens is 504 g/mol. The normalized spacial score (nSPS) is 18.4. The largest absolute Gasteiger partial charge is 0.491 e. The zero-order chi connectivity index (χ0) is 27.7. The summed E-state index contributed by atoms with van der Waals surface area (Å²) < 4.78 is 34.9. The Morgan fingerprint density at radius 3 is 2.61 bits per heavy atom. The van der Waals surface area contributed by atoms with E-state index in [9.17, 15) is 18.0 Å². The van der Waals surface area contributed by atoms with E-state index in [-0.39, 0.29) is 47.2 Å². The lowest BCUT2D eigenvalue weighted by atomic mass is 10.0. The van der Waals surface area contributed by atoms with Crippen LogP contribution in [0, 0.1) is 5.92 Å². The van der Waals surface area contributed by atoms with Crippen molar-refractivity contribution in [1.82, 2.24) is 19.5 Å². The number of aromatic nitrogens is 1. The van der Waals surface area contributed by atoms with Gasteiger partial charge in [-0.05, 0) is 61.1 Å². The van der Waals surface area contributed by atoms with Gasteiger partial charge in [0.15, 0.2) is 0 Å². The van der Waals surface area contributed by atoms with Crippen molar-refractivity contribution in [2.24, 2.45) is 5.92 Å². The summed E-state index contributed by atoms with van der Waals surface area (Å²) in [5.41, 5.74) is 0.918. The monoisotopic (exact) mass is 542 g/mol. The molecule has 1 aromatic carbocycles. The molecule has 1 N–H and O–H groups in total. The SMILES string of the molecule is CC(=O)N1CCC/C=C/CN(C)C(=O)c2cc(S(=O)(=O)NCc3ccncc3)ccc2OC[C@@H]1CC(C)C. The summed E-state index contributed by atoms with van der Waals surface area (Å²) in [6, 6.07) is 7.59. The van der Waals surface area contributed by atoms with Crippen LogP contribution in [0.5, 0.6) is 5.75 Å². The minimum Gasteiger partial charge on any atom is -0.491 e. The number of pyridine rings is 1. The molecule has 0 aliphatic carbocycles. The highest BCUT2D eigenvalue weighted by Gasteiger charge is 2.26. The second kappa shape index (κ2) is 13.5. The number of allylic oxidation sites excluding steroid dienone is 1. The first-order valence-corrected chi connectivity index (χ1v) is 14.4. The number of nitrogens with one attached hydrogen (secondary N) is 1. The summed E-state index contributed by atoms with van der Waals surface area (Å²) in [6.07, 6.45) is 9.43. The Morgan fingerprint density at radius 2 is 1.92 bits per heavy atom. The molecule has 206 valence electrons. The Morgan fingerprint density at radius 1 is 1.18 bits per heavy atom. The lowest BCUT2D eigenvalue weighted by Crippen LogP contribution is -2.44. The van der Waals surface area contributed by atoms with Gasteiger partial charge in [0.25, 0.3) is 5.91 Å². The van der Waals surface area contributed by atoms with Gasteiger partial charge in [0, 0.05) is 46.0 Å². The first-order chi connectivity index (χ1) is 18.1. The highest BCUT2D eigenvalue weighted by Crippen LogP contribution is 2.26. The molecular formula is C28H38N4O5S. The fraction of sp³-hybridized carbons (Fsp3) is 0.464. The van der Waals surface area contributed by atoms with E-state index >= 15 is 0 Å². The highest BCUT2D eigenvalue weighted by atomic mass is 32.2. The number of hydrogen-bond acceptors (Lipinski definition) is 6. The van der Waals surface area contributed by atoms with Crippen LogP contribution in [0.3, 0.4) is 0 Å². The number of carbonyl (C=O) groups excluding carboxylic acids is 2. The van der Waals surface area contributed by atoms with E-state index in [1.54, 1.807) is 38.5 Å². The number of carbonyl (C=O) groups is 2. The van der Waals surface area contributed by atoms with Gasteiger partial charge in [-0.2, -0.15) is 0 Å². The molecule has 10 heteroatoms. The maximum absolute atomic E-state index is 13.4. The Bertz CT molecular complexity index is 1230. The van der Waals surface area contributed by atoms with Gasteiger partial charge >= 0.3 is 0 Å². The van der Waals surface area contributed by atoms with Crippen LogP contribution >= 0.6 is 0 Å². The smallest absolute Gasteiger partial charge is 0.257 e. The molecule has 9 nitrogen and oxygen atoms in total. The van der Waals surface area contributed by atoms with Crippen LogP contribution in [0.25, 0.3) is 0 Å². The number of sulfonamides is 1. The molecule has 2 amide bonds. The lowest BCUT2D eigenvalue weighted by molar-refractivity contribution is -0.132. The summed E-state index contributed by atoms with van der Waals surface area (Å²) in [6.45, 7) is 7.02. The summed E-state index contributed by atoms with van der Waals surface area (Å²) >= 11 is 0. The van der Waals surface area contributed by atoms with E-state index in [0.29, 0.717) is 19.0 Å². The van der Waals surface area contributed by atoms with Crippen molar-refractivity contribution >= 4 is 21.8 Å². The number of nitrogens with zero attached hydrogens (tertiary/aromatic N) is 3. The van der Waals surface area contributed by atoms with E-state index in [0.717, 1.165) is 24.8 Å². The topological polar surface area (TPSA) is 109 Å². The van der Waals surface area contributed by atoms with Crippen molar-refractivity contribution in [2.45, 2.75) is 57.5 Å². The fourth-order valence-electron chi connectivity index (χ4n) is 4.36. The van der Waals surface area contributed by atoms with Crippen LogP contribution in [0.15, 0.2) is 59.8 Å². The average Bonchev–Trinajstić information content (AvgIpc) is 2.88. The summed E-state index contributed by atoms with van der Waals surface area (Å²) in [4.78, 5) is 33.2. The van der Waals surface area contributed by atoms with E-state index in [1.807, 2.05) is 17.1 Å². The van der Waals surface area contributed by atoms with E-state index in [2.05, 4.69) is 23.6 Å². The van der Waals surface area contributed by atoms with Gasteiger partial charge in [-0.1, -0.05) is 26.0 Å². The van der Waals surface area contributed by atoms with Crippen LogP contribution in [0.1, 0.15) is 56.0 Å². The molecule has 0 fully saturated rings. The fourth-order valence-corrected chi connectivity index (χ4v) is 5.41. The molecule has 0 radical (unpaired) electrons. The first kappa shape index (κ1) is 29.3. The van der Waals surface area contributed by atoms with Crippen molar-refractivity contribution in [1.29, 1.82) is 0 Å². The minimum absolute atomic E-state index is 0.0203. The molecule has 38 heavy (non-hydrogen) atoms. The maximum Gasteiger partial charge on any atom is 0.257 e. The third-order valence-electron chi connectivity index (χ3n) is 6.39. The third-order valence-corrected chi connectivity index (χ3v) is 7.79. The van der Waals surface area contributed by atoms with Gasteiger partial charge in [-0.3, -0.25) is 14.6 Å². The molecule has 0 spiro atoms. The number of hydrogen-bond donors (Lipinski definition) is 1. The summed E-state index contributed by atoms with van der Waals surface area (Å²) in [7, 11) is -2.23. The van der Waals surface area contributed by atoms with Gasteiger partial charge in [0.05, 0.1) is 16.5 Å². The lowest BCUT2D eigenvalue weighted by Gasteiger charge is -2.32. The average molecular weight is 543 g/mol. The zero-order valence-corrected chi connectivity index (χ0v) is 23.4. The van der Waals surface area contributed by atoms with Crippen molar-refractivity contribution in [2.75, 3.05) is 26.7 Å². The van der Waals surface area contributed by atoms with Gasteiger partial charge in [0.2, 0.25) is 15.9 Å². The van der Waals surface area contributed by atoms with Gasteiger partial charge in [-0.15, -0.1) is 0 Å². The number of benzene rings is 1. The van der Waals surface area contributed by atoms with E-state index < -0.39 is 10.0 Å². The predicted octanol–water partition coefficient (Wildman–Crippen LogP) is 3.62. The number of ether oxygens (including phenoxy) is 1. The molecule has 2 aromatic rings. The molecule has 1 aliphatic rings. The predicted molar refractivity (Wildman–Crippen MR) is 146 cm³/mol. The first-order valence-electron chi connectivity index (χ1n) is 12.9. The van der Waals surface area contributed by atoms with Gasteiger partial charge in [0.1, 0.15) is 12.4 Å². The molecule has 0 saturated heterocycles. The van der Waals surface area contributed by atoms with Crippen LogP contribution < -0.4 is 9.46 Å². The van der Waals surface area contributed by atoms with Gasteiger partial charge in [-0.25, -0.2) is 13.1 Å². The molecule has 2 heterocycles. The molecule has 1 aliphatic heterocycles. The number of fused-ring (bicyclic) bond motifs is 1. The molecule has 1 aromatic heterocycles.